The molecule has 3 aromatic heterocycles. The van der Waals surface area contributed by atoms with Gasteiger partial charge in [0.05, 0.1) is 11.8 Å². The summed E-state index contributed by atoms with van der Waals surface area (Å²) in [4.78, 5) is 0. The number of para-hydroxylation sites is 1. The molecule has 0 N–H and O–H groups in total. The fraction of sp³-hybridized carbons (Fsp3) is 0.0741. The predicted molar refractivity (Wildman–Crippen MR) is 122 cm³/mol. The number of halogens is 4. The van der Waals surface area contributed by atoms with Gasteiger partial charge in [-0.05, 0) is 54.1 Å². The Bertz CT molecular complexity index is 1660. The summed E-state index contributed by atoms with van der Waals surface area (Å²) in [5.41, 5.74) is 3.88. The molecule has 6 rings (SSSR count). The number of benzene rings is 3. The van der Waals surface area contributed by atoms with E-state index in [1.54, 1.807) is 12.1 Å². The second-order valence-electron chi connectivity index (χ2n) is 8.30. The van der Waals surface area contributed by atoms with Crippen LogP contribution in [-0.4, -0.2) is 9.13 Å². The van der Waals surface area contributed by atoms with Crippen molar-refractivity contribution in [3.8, 4) is 5.69 Å². The molecule has 7 heteroatoms. The van der Waals surface area contributed by atoms with Crippen molar-refractivity contribution in [2.45, 2.75) is 12.7 Å². The molecule has 168 valence electrons. The summed E-state index contributed by atoms with van der Waals surface area (Å²) >= 11 is 0. The quantitative estimate of drug-likeness (QED) is 0.211. The summed E-state index contributed by atoms with van der Waals surface area (Å²) in [6.45, 7) is 0.551. The Morgan fingerprint density at radius 3 is 2.26 bits per heavy atom. The monoisotopic (exact) mass is 460 g/mol. The first-order chi connectivity index (χ1) is 16.4. The summed E-state index contributed by atoms with van der Waals surface area (Å²) in [5, 5.41) is 2.17. The smallest absolute Gasteiger partial charge is 0.332 e. The maximum Gasteiger partial charge on any atom is 0.416 e. The summed E-state index contributed by atoms with van der Waals surface area (Å²) < 4.78 is 58.4. The minimum atomic E-state index is -4.37. The van der Waals surface area contributed by atoms with E-state index in [-0.39, 0.29) is 5.82 Å². The van der Waals surface area contributed by atoms with Crippen molar-refractivity contribution < 1.29 is 22.0 Å². The number of alkyl halides is 3. The van der Waals surface area contributed by atoms with Gasteiger partial charge in [0.25, 0.3) is 6.33 Å². The number of fused-ring (bicyclic) bond motifs is 5. The van der Waals surface area contributed by atoms with Crippen molar-refractivity contribution >= 4 is 27.3 Å². The second-order valence-corrected chi connectivity index (χ2v) is 8.30. The van der Waals surface area contributed by atoms with Crippen LogP contribution in [0.2, 0.25) is 0 Å². The molecule has 0 bridgehead atoms. The third kappa shape index (κ3) is 3.32. The molecule has 0 unspecified atom stereocenters. The van der Waals surface area contributed by atoms with Crippen molar-refractivity contribution in [2.24, 2.45) is 0 Å². The number of nitrogens with zero attached hydrogens (tertiary/aromatic N) is 3. The lowest BCUT2D eigenvalue weighted by atomic mass is 10.2. The van der Waals surface area contributed by atoms with E-state index in [9.17, 15) is 17.6 Å². The van der Waals surface area contributed by atoms with Crippen LogP contribution in [-0.2, 0) is 12.7 Å². The molecule has 3 heterocycles. The first kappa shape index (κ1) is 20.5. The van der Waals surface area contributed by atoms with Crippen molar-refractivity contribution in [3.63, 3.8) is 0 Å². The average molecular weight is 460 g/mol. The van der Waals surface area contributed by atoms with E-state index in [1.807, 2.05) is 45.9 Å². The van der Waals surface area contributed by atoms with E-state index in [0.29, 0.717) is 12.2 Å². The van der Waals surface area contributed by atoms with Crippen LogP contribution in [0.25, 0.3) is 33.0 Å². The molecule has 0 aliphatic rings. The van der Waals surface area contributed by atoms with Crippen LogP contribution in [0.5, 0.6) is 0 Å². The van der Waals surface area contributed by atoms with Gasteiger partial charge in [-0.2, -0.15) is 13.2 Å². The Balaban J connectivity index is 1.55. The predicted octanol–water partition coefficient (Wildman–Crippen LogP) is 6.53. The van der Waals surface area contributed by atoms with Gasteiger partial charge in [-0.15, -0.1) is 0 Å². The first-order valence-electron chi connectivity index (χ1n) is 10.7. The Kier molecular flexibility index (Phi) is 4.49. The summed E-state index contributed by atoms with van der Waals surface area (Å²) in [6.07, 6.45) is 1.34. The van der Waals surface area contributed by atoms with Gasteiger partial charge in [0.2, 0.25) is 0 Å². The Labute approximate surface area is 191 Å². The Morgan fingerprint density at radius 2 is 1.53 bits per heavy atom. The topological polar surface area (TPSA) is 14.0 Å². The molecule has 0 amide bonds. The molecule has 3 nitrogen and oxygen atoms in total. The van der Waals surface area contributed by atoms with Gasteiger partial charge < -0.3 is 4.57 Å². The molecule has 6 aromatic rings. The number of aromatic nitrogens is 3. The molecular weight excluding hydrogens is 442 g/mol. The van der Waals surface area contributed by atoms with Gasteiger partial charge in [0.15, 0.2) is 5.52 Å². The maximum absolute atomic E-state index is 13.5. The Morgan fingerprint density at radius 1 is 0.794 bits per heavy atom. The maximum atomic E-state index is 13.5. The van der Waals surface area contributed by atoms with E-state index < -0.39 is 11.7 Å². The van der Waals surface area contributed by atoms with Gasteiger partial charge >= 0.3 is 6.18 Å². The molecular formula is C27H18F4N3+. The first-order valence-corrected chi connectivity index (χ1v) is 10.7. The lowest BCUT2D eigenvalue weighted by Gasteiger charge is -2.07. The van der Waals surface area contributed by atoms with Gasteiger partial charge in [-0.25, -0.2) is 13.4 Å². The fourth-order valence-corrected chi connectivity index (χ4v) is 4.56. The normalized spacial score (nSPS) is 12.2. The van der Waals surface area contributed by atoms with Crippen LogP contribution < -0.4 is 4.40 Å². The molecule has 3 aromatic carbocycles. The van der Waals surface area contributed by atoms with Gasteiger partial charge in [0, 0.05) is 22.8 Å². The van der Waals surface area contributed by atoms with Crippen molar-refractivity contribution in [1.82, 2.24) is 9.13 Å². The zero-order chi connectivity index (χ0) is 23.4. The van der Waals surface area contributed by atoms with Crippen molar-refractivity contribution in [3.05, 3.63) is 115 Å². The van der Waals surface area contributed by atoms with Crippen LogP contribution in [0.15, 0.2) is 97.6 Å². The standard InChI is InChI=1S/C27H18F4N3/c28-20-9-5-18(6-10-20)15-34-24-4-2-1-3-22(24)23-13-14-32-17-33(16-25(32)26(23)34)21-11-7-19(8-12-21)27(29,30)31/h1-14,16-17H,15H2/q+1. The summed E-state index contributed by atoms with van der Waals surface area (Å²) in [7, 11) is 0. The molecule has 0 radical (unpaired) electrons. The number of imidazole rings is 1. The van der Waals surface area contributed by atoms with Crippen LogP contribution in [0.3, 0.4) is 0 Å². The fourth-order valence-electron chi connectivity index (χ4n) is 4.56. The highest BCUT2D eigenvalue weighted by Crippen LogP contribution is 2.32. The third-order valence-electron chi connectivity index (χ3n) is 6.19. The van der Waals surface area contributed by atoms with Crippen LogP contribution in [0, 0.1) is 5.82 Å². The van der Waals surface area contributed by atoms with E-state index >= 15 is 0 Å². The molecule has 0 aliphatic carbocycles. The Hall–Kier alpha value is -4.13. The largest absolute Gasteiger partial charge is 0.416 e. The molecule has 0 spiro atoms. The van der Waals surface area contributed by atoms with E-state index in [4.69, 9.17) is 0 Å². The van der Waals surface area contributed by atoms with Crippen molar-refractivity contribution in [1.29, 1.82) is 0 Å². The van der Waals surface area contributed by atoms with E-state index in [0.717, 1.165) is 45.0 Å². The number of rotatable bonds is 3. The molecule has 0 saturated heterocycles. The molecule has 0 aliphatic heterocycles. The third-order valence-corrected chi connectivity index (χ3v) is 6.19. The lowest BCUT2D eigenvalue weighted by molar-refractivity contribution is -0.510. The SMILES string of the molecule is Fc1ccc(Cn2c3ccccc3c3cc[n+]4cn(-c5ccc(C(F)(F)F)cc5)cc4c32)cc1. The number of pyridine rings is 1. The van der Waals surface area contributed by atoms with Gasteiger partial charge in [-0.1, -0.05) is 30.3 Å². The molecule has 0 saturated carbocycles. The van der Waals surface area contributed by atoms with Gasteiger partial charge in [-0.3, -0.25) is 0 Å². The minimum absolute atomic E-state index is 0.280. The lowest BCUT2D eigenvalue weighted by Crippen LogP contribution is -2.18. The van der Waals surface area contributed by atoms with Gasteiger partial charge in [0.1, 0.15) is 23.2 Å². The number of hydrogen-bond acceptors (Lipinski definition) is 0. The zero-order valence-electron chi connectivity index (χ0n) is 17.8. The highest BCUT2D eigenvalue weighted by Gasteiger charge is 2.30. The molecule has 0 atom stereocenters. The second kappa shape index (κ2) is 7.45. The number of hydrogen-bond donors (Lipinski definition) is 0. The highest BCUT2D eigenvalue weighted by atomic mass is 19.4. The van der Waals surface area contributed by atoms with E-state index in [2.05, 4.69) is 16.7 Å². The average Bonchev–Trinajstić information content (AvgIpc) is 3.40. The van der Waals surface area contributed by atoms with Crippen LogP contribution in [0.4, 0.5) is 17.6 Å². The summed E-state index contributed by atoms with van der Waals surface area (Å²) in [6, 6.07) is 21.7. The van der Waals surface area contributed by atoms with Crippen LogP contribution >= 0.6 is 0 Å². The van der Waals surface area contributed by atoms with Crippen molar-refractivity contribution in [2.75, 3.05) is 0 Å². The minimum Gasteiger partial charge on any atom is -0.332 e. The van der Waals surface area contributed by atoms with E-state index in [1.165, 1.54) is 24.3 Å². The van der Waals surface area contributed by atoms with Crippen LogP contribution in [0.1, 0.15) is 11.1 Å². The molecule has 34 heavy (non-hydrogen) atoms. The highest BCUT2D eigenvalue weighted by molar-refractivity contribution is 6.11. The summed E-state index contributed by atoms with van der Waals surface area (Å²) in [5.74, 6) is -0.280. The molecule has 0 fully saturated rings. The zero-order valence-corrected chi connectivity index (χ0v) is 17.8.